The monoisotopic (exact) mass is 309 g/mol. The van der Waals surface area contributed by atoms with Gasteiger partial charge in [0.05, 0.1) is 0 Å². The second-order valence-electron chi connectivity index (χ2n) is 5.21. The van der Waals surface area contributed by atoms with Crippen molar-refractivity contribution in [1.29, 1.82) is 0 Å². The molecule has 0 aromatic heterocycles. The van der Waals surface area contributed by atoms with Crippen molar-refractivity contribution in [2.75, 3.05) is 6.26 Å². The number of nitrogens with zero attached hydrogens (tertiary/aromatic N) is 1. The molecule has 1 amide bonds. The lowest BCUT2D eigenvalue weighted by Crippen LogP contribution is -2.36. The highest BCUT2D eigenvalue weighted by Crippen LogP contribution is 2.18. The fraction of sp³-hybridized carbons (Fsp3) is 0.500. The summed E-state index contributed by atoms with van der Waals surface area (Å²) in [6.45, 7) is 4.53. The van der Waals surface area contributed by atoms with E-state index in [0.29, 0.717) is 13.0 Å². The molecule has 116 valence electrons. The number of hydrogen-bond acceptors (Lipinski definition) is 3. The maximum atomic E-state index is 12.3. The Kier molecular flexibility index (Phi) is 7.29. The summed E-state index contributed by atoms with van der Waals surface area (Å²) >= 11 is 1.68. The van der Waals surface area contributed by atoms with Crippen LogP contribution in [0.4, 0.5) is 0 Å². The van der Waals surface area contributed by atoms with E-state index in [4.69, 9.17) is 5.11 Å². The van der Waals surface area contributed by atoms with Gasteiger partial charge in [-0.3, -0.25) is 9.59 Å². The third-order valence-corrected chi connectivity index (χ3v) is 3.94. The number of hydrogen-bond donors (Lipinski definition) is 1. The van der Waals surface area contributed by atoms with Gasteiger partial charge >= 0.3 is 5.97 Å². The molecule has 0 unspecified atom stereocenters. The standard InChI is InChI=1S/C16H23NO3S/c1-12(2)17(15(18)8-5-9-16(19)20)11-13-6-4-7-14(10-13)21-3/h4,6-7,10,12H,5,8-9,11H2,1-3H3,(H,19,20). The van der Waals surface area contributed by atoms with Gasteiger partial charge < -0.3 is 10.0 Å². The molecule has 0 aliphatic rings. The molecule has 1 aromatic carbocycles. The van der Waals surface area contributed by atoms with E-state index < -0.39 is 5.97 Å². The minimum absolute atomic E-state index is 0.0146. The highest BCUT2D eigenvalue weighted by Gasteiger charge is 2.17. The quantitative estimate of drug-likeness (QED) is 0.748. The van der Waals surface area contributed by atoms with Gasteiger partial charge in [0.15, 0.2) is 0 Å². The second-order valence-corrected chi connectivity index (χ2v) is 6.09. The van der Waals surface area contributed by atoms with Crippen molar-refractivity contribution in [3.63, 3.8) is 0 Å². The molecular formula is C16H23NO3S. The van der Waals surface area contributed by atoms with Gasteiger partial charge in [-0.15, -0.1) is 11.8 Å². The Hall–Kier alpha value is -1.49. The summed E-state index contributed by atoms with van der Waals surface area (Å²) in [7, 11) is 0. The van der Waals surface area contributed by atoms with Gasteiger partial charge in [-0.1, -0.05) is 12.1 Å². The maximum Gasteiger partial charge on any atom is 0.303 e. The molecule has 0 aliphatic carbocycles. The Bertz CT molecular complexity index is 488. The Morgan fingerprint density at radius 1 is 1.29 bits per heavy atom. The summed E-state index contributed by atoms with van der Waals surface area (Å²) in [5, 5.41) is 8.64. The van der Waals surface area contributed by atoms with Crippen LogP contribution in [0.3, 0.4) is 0 Å². The summed E-state index contributed by atoms with van der Waals surface area (Å²) < 4.78 is 0. The Morgan fingerprint density at radius 3 is 2.57 bits per heavy atom. The van der Waals surface area contributed by atoms with E-state index in [-0.39, 0.29) is 24.8 Å². The third kappa shape index (κ3) is 6.21. The fourth-order valence-corrected chi connectivity index (χ4v) is 2.54. The molecule has 0 saturated heterocycles. The molecule has 1 N–H and O–H groups in total. The fourth-order valence-electron chi connectivity index (χ4n) is 2.06. The van der Waals surface area contributed by atoms with E-state index >= 15 is 0 Å². The van der Waals surface area contributed by atoms with Gasteiger partial charge in [0.1, 0.15) is 0 Å². The number of carbonyl (C=O) groups is 2. The number of carboxylic acids is 1. The number of rotatable bonds is 8. The summed E-state index contributed by atoms with van der Waals surface area (Å²) in [5.41, 5.74) is 1.10. The minimum Gasteiger partial charge on any atom is -0.481 e. The van der Waals surface area contributed by atoms with E-state index in [9.17, 15) is 9.59 Å². The van der Waals surface area contributed by atoms with Crippen LogP contribution in [-0.4, -0.2) is 34.2 Å². The highest BCUT2D eigenvalue weighted by atomic mass is 32.2. The van der Waals surface area contributed by atoms with Crippen molar-refractivity contribution in [1.82, 2.24) is 4.90 Å². The Balaban J connectivity index is 2.68. The number of aliphatic carboxylic acids is 1. The van der Waals surface area contributed by atoms with E-state index in [1.807, 2.05) is 38.3 Å². The predicted molar refractivity (Wildman–Crippen MR) is 85.4 cm³/mol. The first-order valence-corrected chi connectivity index (χ1v) is 8.30. The lowest BCUT2D eigenvalue weighted by Gasteiger charge is -2.27. The predicted octanol–water partition coefficient (Wildman–Crippen LogP) is 3.40. The zero-order valence-electron chi connectivity index (χ0n) is 12.8. The molecule has 1 aromatic rings. The zero-order valence-corrected chi connectivity index (χ0v) is 13.7. The number of thioether (sulfide) groups is 1. The molecule has 1 rings (SSSR count). The average molecular weight is 309 g/mol. The van der Waals surface area contributed by atoms with Gasteiger partial charge in [0.25, 0.3) is 0 Å². The molecule has 0 spiro atoms. The summed E-state index contributed by atoms with van der Waals surface area (Å²) in [6, 6.07) is 8.24. The first kappa shape index (κ1) is 17.6. The normalized spacial score (nSPS) is 10.7. The lowest BCUT2D eigenvalue weighted by molar-refractivity contribution is -0.137. The molecule has 0 saturated carbocycles. The lowest BCUT2D eigenvalue weighted by atomic mass is 10.1. The van der Waals surface area contributed by atoms with E-state index in [1.54, 1.807) is 16.7 Å². The molecule has 21 heavy (non-hydrogen) atoms. The van der Waals surface area contributed by atoms with Crippen LogP contribution < -0.4 is 0 Å². The van der Waals surface area contributed by atoms with Gasteiger partial charge in [0, 0.05) is 30.3 Å². The first-order chi connectivity index (χ1) is 9.93. The van der Waals surface area contributed by atoms with E-state index in [1.165, 1.54) is 4.90 Å². The maximum absolute atomic E-state index is 12.3. The van der Waals surface area contributed by atoms with Crippen LogP contribution in [0.15, 0.2) is 29.2 Å². The minimum atomic E-state index is -0.855. The molecule has 0 fully saturated rings. The third-order valence-electron chi connectivity index (χ3n) is 3.21. The largest absolute Gasteiger partial charge is 0.481 e. The van der Waals surface area contributed by atoms with Crippen molar-refractivity contribution in [2.24, 2.45) is 0 Å². The van der Waals surface area contributed by atoms with Gasteiger partial charge in [-0.05, 0) is 44.2 Å². The van der Waals surface area contributed by atoms with Crippen LogP contribution in [0.1, 0.15) is 38.7 Å². The van der Waals surface area contributed by atoms with Crippen molar-refractivity contribution in [2.45, 2.75) is 50.6 Å². The van der Waals surface area contributed by atoms with Crippen LogP contribution in [-0.2, 0) is 16.1 Å². The molecule has 0 atom stereocenters. The van der Waals surface area contributed by atoms with Gasteiger partial charge in [-0.25, -0.2) is 0 Å². The first-order valence-electron chi connectivity index (χ1n) is 7.08. The van der Waals surface area contributed by atoms with Gasteiger partial charge in [0.2, 0.25) is 5.91 Å². The Labute approximate surface area is 130 Å². The topological polar surface area (TPSA) is 57.6 Å². The van der Waals surface area contributed by atoms with Crippen LogP contribution in [0.25, 0.3) is 0 Å². The van der Waals surface area contributed by atoms with E-state index in [0.717, 1.165) is 5.56 Å². The zero-order chi connectivity index (χ0) is 15.8. The number of carboxylic acid groups (broad SMARTS) is 1. The van der Waals surface area contributed by atoms with Gasteiger partial charge in [-0.2, -0.15) is 0 Å². The summed E-state index contributed by atoms with van der Waals surface area (Å²) in [6.07, 6.45) is 2.74. The molecule has 0 radical (unpaired) electrons. The van der Waals surface area contributed by atoms with Crippen LogP contribution >= 0.6 is 11.8 Å². The van der Waals surface area contributed by atoms with Crippen molar-refractivity contribution >= 4 is 23.6 Å². The number of carbonyl (C=O) groups excluding carboxylic acids is 1. The van der Waals surface area contributed by atoms with E-state index in [2.05, 4.69) is 6.07 Å². The van der Waals surface area contributed by atoms with Crippen molar-refractivity contribution < 1.29 is 14.7 Å². The number of benzene rings is 1. The van der Waals surface area contributed by atoms with Crippen LogP contribution in [0.2, 0.25) is 0 Å². The molecule has 0 bridgehead atoms. The highest BCUT2D eigenvalue weighted by molar-refractivity contribution is 7.98. The summed E-state index contributed by atoms with van der Waals surface area (Å²) in [4.78, 5) is 25.8. The second kappa shape index (κ2) is 8.72. The van der Waals surface area contributed by atoms with Crippen molar-refractivity contribution in [3.05, 3.63) is 29.8 Å². The Morgan fingerprint density at radius 2 is 2.00 bits per heavy atom. The van der Waals surface area contributed by atoms with Crippen molar-refractivity contribution in [3.8, 4) is 0 Å². The number of amides is 1. The molecular weight excluding hydrogens is 286 g/mol. The average Bonchev–Trinajstić information content (AvgIpc) is 2.44. The molecule has 0 heterocycles. The summed E-state index contributed by atoms with van der Waals surface area (Å²) in [5.74, 6) is -0.840. The molecule has 0 aliphatic heterocycles. The molecule has 4 nitrogen and oxygen atoms in total. The van der Waals surface area contributed by atoms with Crippen LogP contribution in [0, 0.1) is 0 Å². The molecule has 5 heteroatoms. The van der Waals surface area contributed by atoms with Crippen LogP contribution in [0.5, 0.6) is 0 Å². The SMILES string of the molecule is CSc1cccc(CN(C(=O)CCCC(=O)O)C(C)C)c1. The smallest absolute Gasteiger partial charge is 0.303 e.